The van der Waals surface area contributed by atoms with Crippen LogP contribution >= 0.6 is 11.6 Å². The minimum Gasteiger partial charge on any atom is -0.341 e. The molecule has 29 heavy (non-hydrogen) atoms. The number of carbonyl (C=O) groups excluding carboxylic acids is 1. The van der Waals surface area contributed by atoms with Crippen LogP contribution in [0.2, 0.25) is 5.02 Å². The summed E-state index contributed by atoms with van der Waals surface area (Å²) < 4.78 is 78.8. The van der Waals surface area contributed by atoms with Crippen LogP contribution in [0.4, 0.5) is 17.6 Å². The molecular formula is C18H17ClF4N2O3S. The maximum atomic E-state index is 13.6. The molecule has 0 bridgehead atoms. The van der Waals surface area contributed by atoms with Crippen LogP contribution in [-0.2, 0) is 27.5 Å². The first-order valence-corrected chi connectivity index (χ1v) is 10.1. The molecule has 0 aliphatic heterocycles. The van der Waals surface area contributed by atoms with Crippen molar-refractivity contribution in [3.63, 3.8) is 0 Å². The summed E-state index contributed by atoms with van der Waals surface area (Å²) in [6.07, 6.45) is -5.07. The van der Waals surface area contributed by atoms with E-state index in [4.69, 9.17) is 11.6 Å². The lowest BCUT2D eigenvalue weighted by atomic mass is 10.2. The topological polar surface area (TPSA) is 66.5 Å². The summed E-state index contributed by atoms with van der Waals surface area (Å²) >= 11 is 5.48. The van der Waals surface area contributed by atoms with Crippen molar-refractivity contribution < 1.29 is 30.8 Å². The van der Waals surface area contributed by atoms with Crippen molar-refractivity contribution in [2.24, 2.45) is 0 Å². The number of rotatable bonds is 7. The fourth-order valence-corrected chi connectivity index (χ4v) is 3.71. The molecule has 2 aromatic carbocycles. The van der Waals surface area contributed by atoms with Gasteiger partial charge in [0.25, 0.3) is 0 Å². The lowest BCUT2D eigenvalue weighted by Crippen LogP contribution is -2.32. The SMILES string of the molecule is CN(Cc1ccccc1F)C(=O)CCNS(=O)(=O)c1ccc(Cl)c(C(F)(F)F)c1. The van der Waals surface area contributed by atoms with E-state index in [2.05, 4.69) is 4.72 Å². The molecule has 0 heterocycles. The van der Waals surface area contributed by atoms with Gasteiger partial charge in [-0.25, -0.2) is 17.5 Å². The molecule has 0 spiro atoms. The largest absolute Gasteiger partial charge is 0.417 e. The van der Waals surface area contributed by atoms with E-state index in [9.17, 15) is 30.8 Å². The number of nitrogens with zero attached hydrogens (tertiary/aromatic N) is 1. The first-order valence-electron chi connectivity index (χ1n) is 8.25. The number of hydrogen-bond acceptors (Lipinski definition) is 3. The second-order valence-corrected chi connectivity index (χ2v) is 8.30. The van der Waals surface area contributed by atoms with E-state index in [1.165, 1.54) is 30.1 Å². The van der Waals surface area contributed by atoms with Gasteiger partial charge in [-0.1, -0.05) is 29.8 Å². The minimum absolute atomic E-state index is 0.00954. The number of amides is 1. The average molecular weight is 453 g/mol. The minimum atomic E-state index is -4.81. The zero-order valence-corrected chi connectivity index (χ0v) is 16.7. The molecule has 158 valence electrons. The lowest BCUT2D eigenvalue weighted by Gasteiger charge is -2.18. The Morgan fingerprint density at radius 1 is 1.17 bits per heavy atom. The summed E-state index contributed by atoms with van der Waals surface area (Å²) in [7, 11) is -2.86. The van der Waals surface area contributed by atoms with Crippen LogP contribution in [0.5, 0.6) is 0 Å². The van der Waals surface area contributed by atoms with E-state index in [1.54, 1.807) is 6.07 Å². The van der Waals surface area contributed by atoms with Crippen LogP contribution in [0.15, 0.2) is 47.4 Å². The summed E-state index contributed by atoms with van der Waals surface area (Å²) in [6, 6.07) is 8.10. The Morgan fingerprint density at radius 2 is 1.83 bits per heavy atom. The number of halogens is 5. The summed E-state index contributed by atoms with van der Waals surface area (Å²) in [5.74, 6) is -0.945. The van der Waals surface area contributed by atoms with Gasteiger partial charge >= 0.3 is 6.18 Å². The van der Waals surface area contributed by atoms with Crippen LogP contribution in [0, 0.1) is 5.82 Å². The Balaban J connectivity index is 1.99. The van der Waals surface area contributed by atoms with E-state index in [1.807, 2.05) is 0 Å². The van der Waals surface area contributed by atoms with Crippen molar-refractivity contribution in [2.45, 2.75) is 24.0 Å². The molecule has 0 aromatic heterocycles. The number of hydrogen-bond donors (Lipinski definition) is 1. The fourth-order valence-electron chi connectivity index (χ4n) is 2.43. The summed E-state index contributed by atoms with van der Waals surface area (Å²) in [5.41, 5.74) is -0.979. The van der Waals surface area contributed by atoms with Gasteiger partial charge in [-0.15, -0.1) is 0 Å². The van der Waals surface area contributed by atoms with Gasteiger partial charge < -0.3 is 4.90 Å². The predicted molar refractivity (Wildman–Crippen MR) is 99.1 cm³/mol. The smallest absolute Gasteiger partial charge is 0.341 e. The molecule has 0 saturated carbocycles. The molecule has 1 amide bonds. The molecule has 0 aliphatic rings. The normalized spacial score (nSPS) is 12.1. The van der Waals surface area contributed by atoms with E-state index in [0.29, 0.717) is 11.6 Å². The number of nitrogens with one attached hydrogen (secondary N) is 1. The molecule has 0 fully saturated rings. The van der Waals surface area contributed by atoms with Gasteiger partial charge in [-0.2, -0.15) is 13.2 Å². The number of benzene rings is 2. The highest BCUT2D eigenvalue weighted by Gasteiger charge is 2.34. The summed E-state index contributed by atoms with van der Waals surface area (Å²) in [6.45, 7) is -0.350. The highest BCUT2D eigenvalue weighted by molar-refractivity contribution is 7.89. The van der Waals surface area contributed by atoms with Gasteiger partial charge in [0.15, 0.2) is 0 Å². The van der Waals surface area contributed by atoms with Gasteiger partial charge in [0.1, 0.15) is 5.82 Å². The van der Waals surface area contributed by atoms with Gasteiger partial charge in [-0.3, -0.25) is 4.79 Å². The fraction of sp³-hybridized carbons (Fsp3) is 0.278. The molecule has 5 nitrogen and oxygen atoms in total. The zero-order valence-electron chi connectivity index (χ0n) is 15.1. The Bertz CT molecular complexity index is 997. The van der Waals surface area contributed by atoms with E-state index in [-0.39, 0.29) is 19.5 Å². The third-order valence-electron chi connectivity index (χ3n) is 3.98. The van der Waals surface area contributed by atoms with Crippen molar-refractivity contribution in [3.05, 3.63) is 64.4 Å². The average Bonchev–Trinajstić information content (AvgIpc) is 2.62. The van der Waals surface area contributed by atoms with E-state index < -0.39 is 43.4 Å². The van der Waals surface area contributed by atoms with Crippen LogP contribution in [0.25, 0.3) is 0 Å². The Hall–Kier alpha value is -2.17. The number of carbonyl (C=O) groups is 1. The highest BCUT2D eigenvalue weighted by atomic mass is 35.5. The van der Waals surface area contributed by atoms with Gasteiger partial charge in [0.2, 0.25) is 15.9 Å². The zero-order chi connectivity index (χ0) is 21.8. The number of sulfonamides is 1. The molecule has 0 unspecified atom stereocenters. The van der Waals surface area contributed by atoms with E-state index in [0.717, 1.165) is 12.1 Å². The highest BCUT2D eigenvalue weighted by Crippen LogP contribution is 2.35. The first-order chi connectivity index (χ1) is 13.4. The van der Waals surface area contributed by atoms with Crippen molar-refractivity contribution in [1.29, 1.82) is 0 Å². The third-order valence-corrected chi connectivity index (χ3v) is 5.76. The van der Waals surface area contributed by atoms with Crippen LogP contribution in [0.1, 0.15) is 17.5 Å². The maximum Gasteiger partial charge on any atom is 0.417 e. The molecule has 2 rings (SSSR count). The quantitative estimate of drug-likeness (QED) is 0.649. The number of alkyl halides is 3. The van der Waals surface area contributed by atoms with Gasteiger partial charge in [0.05, 0.1) is 15.5 Å². The second kappa shape index (κ2) is 9.10. The maximum absolute atomic E-state index is 13.6. The molecule has 11 heteroatoms. The summed E-state index contributed by atoms with van der Waals surface area (Å²) in [4.78, 5) is 12.7. The second-order valence-electron chi connectivity index (χ2n) is 6.13. The van der Waals surface area contributed by atoms with Crippen molar-refractivity contribution in [1.82, 2.24) is 9.62 Å². The lowest BCUT2D eigenvalue weighted by molar-refractivity contribution is -0.137. The molecule has 0 aliphatic carbocycles. The third kappa shape index (κ3) is 6.15. The first kappa shape index (κ1) is 23.1. The van der Waals surface area contributed by atoms with Crippen LogP contribution in [0.3, 0.4) is 0 Å². The van der Waals surface area contributed by atoms with Crippen molar-refractivity contribution >= 4 is 27.5 Å². The Kier molecular flexibility index (Phi) is 7.25. The molecule has 1 N–H and O–H groups in total. The van der Waals surface area contributed by atoms with Crippen molar-refractivity contribution in [3.8, 4) is 0 Å². The predicted octanol–water partition coefficient (Wildman–Crippen LogP) is 3.82. The van der Waals surface area contributed by atoms with Gasteiger partial charge in [0, 0.05) is 32.1 Å². The van der Waals surface area contributed by atoms with Gasteiger partial charge in [-0.05, 0) is 24.3 Å². The van der Waals surface area contributed by atoms with E-state index >= 15 is 0 Å². The van der Waals surface area contributed by atoms with Crippen LogP contribution in [-0.4, -0.2) is 32.8 Å². The van der Waals surface area contributed by atoms with Crippen LogP contribution < -0.4 is 4.72 Å². The Morgan fingerprint density at radius 3 is 2.45 bits per heavy atom. The monoisotopic (exact) mass is 452 g/mol. The standard InChI is InChI=1S/C18H17ClF4N2O3S/c1-25(11-12-4-2-3-5-16(12)20)17(26)8-9-24-29(27,28)13-6-7-15(19)14(10-13)18(21,22)23/h2-7,10,24H,8-9,11H2,1H3. The molecule has 0 saturated heterocycles. The molecular weight excluding hydrogens is 436 g/mol. The van der Waals surface area contributed by atoms with Crippen molar-refractivity contribution in [2.75, 3.05) is 13.6 Å². The molecule has 2 aromatic rings. The Labute approximate surface area is 170 Å². The molecule has 0 atom stereocenters. The summed E-state index contributed by atoms with van der Waals surface area (Å²) in [5, 5.41) is -0.624. The molecule has 0 radical (unpaired) electrons.